The van der Waals surface area contributed by atoms with E-state index in [-0.39, 0.29) is 0 Å². The molecule has 0 saturated carbocycles. The first-order valence-electron chi connectivity index (χ1n) is 6.62. The summed E-state index contributed by atoms with van der Waals surface area (Å²) in [5, 5.41) is 0. The van der Waals surface area contributed by atoms with Gasteiger partial charge in [-0.25, -0.2) is 0 Å². The third-order valence-corrected chi connectivity index (χ3v) is 2.71. The highest BCUT2D eigenvalue weighted by Crippen LogP contribution is 2.34. The van der Waals surface area contributed by atoms with Crippen LogP contribution in [0.3, 0.4) is 0 Å². The summed E-state index contributed by atoms with van der Waals surface area (Å²) >= 11 is 0. The molecule has 0 aromatic heterocycles. The molecule has 0 saturated heterocycles. The quantitative estimate of drug-likeness (QED) is 0.591. The van der Waals surface area contributed by atoms with Crippen LogP contribution in [-0.2, 0) is 12.8 Å². The summed E-state index contributed by atoms with van der Waals surface area (Å²) in [5.41, 5.74) is 2.09. The van der Waals surface area contributed by atoms with E-state index in [0.717, 1.165) is 29.0 Å². The maximum Gasteiger partial charge on any atom is 0.130 e. The van der Waals surface area contributed by atoms with Crippen LogP contribution < -0.4 is 9.47 Å². The Morgan fingerprint density at radius 3 is 2.05 bits per heavy atom. The molecule has 0 unspecified atom stereocenters. The van der Waals surface area contributed by atoms with Gasteiger partial charge in [0.1, 0.15) is 24.7 Å². The molecule has 1 rings (SSSR count). The highest BCUT2D eigenvalue weighted by Gasteiger charge is 2.14. The van der Waals surface area contributed by atoms with Gasteiger partial charge in [-0.2, -0.15) is 0 Å². The van der Waals surface area contributed by atoms with Gasteiger partial charge in [-0.3, -0.25) is 0 Å². The van der Waals surface area contributed by atoms with Gasteiger partial charge in [-0.15, -0.1) is 13.2 Å². The zero-order valence-corrected chi connectivity index (χ0v) is 11.9. The second kappa shape index (κ2) is 8.81. The number of hydrogen-bond acceptors (Lipinski definition) is 2. The minimum absolute atomic E-state index is 0.458. The monoisotopic (exact) mass is 270 g/mol. The fraction of sp³-hybridized carbons (Fsp3) is 0.222. The molecular weight excluding hydrogens is 248 g/mol. The number of ether oxygens (including phenoxy) is 2. The molecule has 0 bridgehead atoms. The summed E-state index contributed by atoms with van der Waals surface area (Å²) in [6.45, 7) is 15.9. The van der Waals surface area contributed by atoms with E-state index in [2.05, 4.69) is 26.3 Å². The summed E-state index contributed by atoms with van der Waals surface area (Å²) in [5.74, 6) is 1.64. The largest absolute Gasteiger partial charge is 0.489 e. The van der Waals surface area contributed by atoms with Gasteiger partial charge in [0.05, 0.1) is 0 Å². The number of benzene rings is 1. The Morgan fingerprint density at radius 1 is 0.800 bits per heavy atom. The average molecular weight is 270 g/mol. The lowest BCUT2D eigenvalue weighted by molar-refractivity contribution is 0.337. The fourth-order valence-electron chi connectivity index (χ4n) is 1.92. The van der Waals surface area contributed by atoms with Crippen molar-refractivity contribution in [3.63, 3.8) is 0 Å². The van der Waals surface area contributed by atoms with Gasteiger partial charge in [-0.05, 0) is 24.5 Å². The smallest absolute Gasteiger partial charge is 0.130 e. The summed E-state index contributed by atoms with van der Waals surface area (Å²) in [6.07, 6.45) is 8.58. The third kappa shape index (κ3) is 4.16. The molecular formula is C18H22O2. The molecule has 0 aliphatic heterocycles. The minimum Gasteiger partial charge on any atom is -0.489 e. The van der Waals surface area contributed by atoms with Crippen LogP contribution >= 0.6 is 0 Å². The molecule has 0 aliphatic rings. The first kappa shape index (κ1) is 15.8. The predicted molar refractivity (Wildman–Crippen MR) is 85.6 cm³/mol. The van der Waals surface area contributed by atoms with Crippen molar-refractivity contribution < 1.29 is 9.47 Å². The molecule has 0 radical (unpaired) electrons. The lowest BCUT2D eigenvalue weighted by Gasteiger charge is -2.17. The Hall–Kier alpha value is -2.22. The van der Waals surface area contributed by atoms with Crippen molar-refractivity contribution in [3.8, 4) is 11.5 Å². The standard InChI is InChI=1S/C18H22O2/c1-5-9-15-11-12-17(19-13-7-3)16(10-6-2)18(15)20-14-8-4/h5-8,11-12H,1-4,9-10,13-14H2. The van der Waals surface area contributed by atoms with Crippen molar-refractivity contribution in [2.45, 2.75) is 12.8 Å². The van der Waals surface area contributed by atoms with Crippen LogP contribution in [0.4, 0.5) is 0 Å². The molecule has 1 aromatic carbocycles. The normalized spacial score (nSPS) is 9.60. The van der Waals surface area contributed by atoms with Crippen molar-refractivity contribution in [2.75, 3.05) is 13.2 Å². The Balaban J connectivity index is 3.25. The molecule has 1 aromatic rings. The second-order valence-electron chi connectivity index (χ2n) is 4.22. The Morgan fingerprint density at radius 2 is 1.45 bits per heavy atom. The van der Waals surface area contributed by atoms with E-state index in [9.17, 15) is 0 Å². The first-order chi connectivity index (χ1) is 9.78. The van der Waals surface area contributed by atoms with E-state index in [1.165, 1.54) is 0 Å². The molecule has 0 amide bonds. The molecule has 0 fully saturated rings. The maximum absolute atomic E-state index is 5.82. The summed E-state index contributed by atoms with van der Waals surface area (Å²) in [6, 6.07) is 3.97. The molecule has 0 heterocycles. The van der Waals surface area contributed by atoms with Gasteiger partial charge in [0.2, 0.25) is 0 Å². The summed E-state index contributed by atoms with van der Waals surface area (Å²) in [7, 11) is 0. The molecule has 2 heteroatoms. The van der Waals surface area contributed by atoms with Gasteiger partial charge in [0, 0.05) is 5.56 Å². The third-order valence-electron chi connectivity index (χ3n) is 2.71. The highest BCUT2D eigenvalue weighted by molar-refractivity contribution is 5.51. The van der Waals surface area contributed by atoms with E-state index in [1.54, 1.807) is 12.2 Å². The fourth-order valence-corrected chi connectivity index (χ4v) is 1.92. The number of allylic oxidation sites excluding steroid dienone is 2. The van der Waals surface area contributed by atoms with Gasteiger partial charge < -0.3 is 9.47 Å². The van der Waals surface area contributed by atoms with Crippen LogP contribution in [0, 0.1) is 0 Å². The summed E-state index contributed by atoms with van der Waals surface area (Å²) in [4.78, 5) is 0. The van der Waals surface area contributed by atoms with Gasteiger partial charge in [0.15, 0.2) is 0 Å². The zero-order valence-electron chi connectivity index (χ0n) is 11.9. The van der Waals surface area contributed by atoms with E-state index in [4.69, 9.17) is 9.47 Å². The van der Waals surface area contributed by atoms with Crippen molar-refractivity contribution in [3.05, 3.63) is 73.9 Å². The van der Waals surface area contributed by atoms with E-state index in [0.29, 0.717) is 19.6 Å². The predicted octanol–water partition coefficient (Wildman–Crippen LogP) is 4.27. The van der Waals surface area contributed by atoms with Gasteiger partial charge >= 0.3 is 0 Å². The van der Waals surface area contributed by atoms with Gasteiger partial charge in [0.25, 0.3) is 0 Å². The van der Waals surface area contributed by atoms with Crippen molar-refractivity contribution in [2.24, 2.45) is 0 Å². The second-order valence-corrected chi connectivity index (χ2v) is 4.22. The van der Waals surface area contributed by atoms with Crippen molar-refractivity contribution >= 4 is 0 Å². The van der Waals surface area contributed by atoms with E-state index in [1.807, 2.05) is 24.3 Å². The zero-order chi connectivity index (χ0) is 14.8. The van der Waals surface area contributed by atoms with Crippen LogP contribution in [0.2, 0.25) is 0 Å². The van der Waals surface area contributed by atoms with E-state index < -0.39 is 0 Å². The molecule has 0 spiro atoms. The number of hydrogen-bond donors (Lipinski definition) is 0. The first-order valence-corrected chi connectivity index (χ1v) is 6.62. The van der Waals surface area contributed by atoms with Crippen molar-refractivity contribution in [1.29, 1.82) is 0 Å². The van der Waals surface area contributed by atoms with Crippen LogP contribution in [-0.4, -0.2) is 13.2 Å². The molecule has 20 heavy (non-hydrogen) atoms. The number of rotatable bonds is 10. The maximum atomic E-state index is 5.82. The lowest BCUT2D eigenvalue weighted by atomic mass is 10.0. The minimum atomic E-state index is 0.458. The molecule has 0 aliphatic carbocycles. The lowest BCUT2D eigenvalue weighted by Crippen LogP contribution is -2.05. The van der Waals surface area contributed by atoms with E-state index >= 15 is 0 Å². The Kier molecular flexibility index (Phi) is 6.97. The van der Waals surface area contributed by atoms with Crippen LogP contribution in [0.1, 0.15) is 11.1 Å². The molecule has 0 N–H and O–H groups in total. The van der Waals surface area contributed by atoms with Crippen LogP contribution in [0.5, 0.6) is 11.5 Å². The molecule has 2 nitrogen and oxygen atoms in total. The SMILES string of the molecule is C=CCOc1ccc(CC=C)c(OCC=C)c1CC=C. The Bertz CT molecular complexity index is 486. The van der Waals surface area contributed by atoms with Crippen LogP contribution in [0.15, 0.2) is 62.8 Å². The topological polar surface area (TPSA) is 18.5 Å². The molecule has 106 valence electrons. The Labute approximate surface area is 121 Å². The van der Waals surface area contributed by atoms with Gasteiger partial charge in [-0.1, -0.05) is 43.5 Å². The van der Waals surface area contributed by atoms with Crippen molar-refractivity contribution in [1.82, 2.24) is 0 Å². The average Bonchev–Trinajstić information content (AvgIpc) is 2.46. The highest BCUT2D eigenvalue weighted by atomic mass is 16.5. The van der Waals surface area contributed by atoms with Crippen LogP contribution in [0.25, 0.3) is 0 Å². The molecule has 0 atom stereocenters. The summed E-state index contributed by atoms with van der Waals surface area (Å²) < 4.78 is 11.5.